The van der Waals surface area contributed by atoms with Crippen molar-refractivity contribution in [1.82, 2.24) is 16.0 Å². The predicted molar refractivity (Wildman–Crippen MR) is 136 cm³/mol. The van der Waals surface area contributed by atoms with Gasteiger partial charge in [-0.05, 0) is 37.2 Å². The van der Waals surface area contributed by atoms with Crippen molar-refractivity contribution >= 4 is 47.4 Å². The first kappa shape index (κ1) is 32.9. The van der Waals surface area contributed by atoms with Gasteiger partial charge in [0.15, 0.2) is 5.96 Å². The maximum atomic E-state index is 13.0. The van der Waals surface area contributed by atoms with Crippen molar-refractivity contribution in [2.24, 2.45) is 28.1 Å². The number of nitrogens with zero attached hydrogens (tertiary/aromatic N) is 1. The Morgan fingerprint density at radius 1 is 0.944 bits per heavy atom. The zero-order valence-electron chi connectivity index (χ0n) is 20.9. The van der Waals surface area contributed by atoms with Crippen molar-refractivity contribution in [2.75, 3.05) is 18.6 Å². The lowest BCUT2D eigenvalue weighted by atomic mass is 9.97. The minimum Gasteiger partial charge on any atom is -0.481 e. The van der Waals surface area contributed by atoms with E-state index >= 15 is 0 Å². The molecule has 0 spiro atoms. The molecular weight excluding hydrogens is 494 g/mol. The molecule has 0 radical (unpaired) electrons. The second kappa shape index (κ2) is 17.4. The number of thioether (sulfide) groups is 1. The van der Waals surface area contributed by atoms with Crippen molar-refractivity contribution in [3.63, 3.8) is 0 Å². The third-order valence-corrected chi connectivity index (χ3v) is 5.97. The fourth-order valence-corrected chi connectivity index (χ4v) is 3.51. The number of nitrogens with two attached hydrogens (primary N) is 3. The van der Waals surface area contributed by atoms with E-state index < -0.39 is 60.2 Å². The van der Waals surface area contributed by atoms with E-state index in [4.69, 9.17) is 22.3 Å². The summed E-state index contributed by atoms with van der Waals surface area (Å²) in [6.45, 7) is 3.71. The molecule has 0 heterocycles. The van der Waals surface area contributed by atoms with Crippen molar-refractivity contribution in [1.29, 1.82) is 0 Å². The van der Waals surface area contributed by atoms with Crippen LogP contribution in [0, 0.1) is 5.92 Å². The number of guanidine groups is 1. The molecule has 3 amide bonds. The molecule has 11 N–H and O–H groups in total. The van der Waals surface area contributed by atoms with E-state index in [1.54, 1.807) is 13.8 Å². The molecule has 15 heteroatoms. The van der Waals surface area contributed by atoms with Crippen LogP contribution >= 0.6 is 11.8 Å². The number of hydrogen-bond donors (Lipinski definition) is 8. The molecule has 0 aliphatic carbocycles. The highest BCUT2D eigenvalue weighted by Crippen LogP contribution is 2.11. The molecule has 0 aromatic heterocycles. The van der Waals surface area contributed by atoms with Crippen molar-refractivity contribution in [2.45, 2.75) is 70.1 Å². The molecule has 0 aliphatic heterocycles. The number of nitrogens with one attached hydrogen (secondary N) is 3. The SMILES string of the molecule is CCC(C)C(NC(=O)C(CCSC)NC(=O)C(N)CC(=O)O)C(=O)NC(CCCN=C(N)N)C(=O)O. The number of aliphatic carboxylic acids is 2. The summed E-state index contributed by atoms with van der Waals surface area (Å²) in [6, 6.07) is -4.73. The normalized spacial score (nSPS) is 14.9. The van der Waals surface area contributed by atoms with Crippen LogP contribution in [0.25, 0.3) is 0 Å². The van der Waals surface area contributed by atoms with Crippen LogP contribution in [0.1, 0.15) is 46.0 Å². The van der Waals surface area contributed by atoms with Gasteiger partial charge in [-0.25, -0.2) is 4.79 Å². The summed E-state index contributed by atoms with van der Waals surface area (Å²) in [5, 5.41) is 25.8. The van der Waals surface area contributed by atoms with Crippen LogP contribution < -0.4 is 33.2 Å². The predicted octanol–water partition coefficient (Wildman–Crippen LogP) is -1.82. The van der Waals surface area contributed by atoms with Crippen LogP contribution in [-0.4, -0.2) is 88.6 Å². The molecular formula is C21H39N7O7S. The van der Waals surface area contributed by atoms with Gasteiger partial charge in [-0.1, -0.05) is 20.3 Å². The Morgan fingerprint density at radius 2 is 1.56 bits per heavy atom. The number of amides is 3. The molecule has 206 valence electrons. The molecule has 5 unspecified atom stereocenters. The highest BCUT2D eigenvalue weighted by Gasteiger charge is 2.32. The lowest BCUT2D eigenvalue weighted by Gasteiger charge is -2.28. The zero-order valence-corrected chi connectivity index (χ0v) is 21.7. The zero-order chi connectivity index (χ0) is 27.8. The van der Waals surface area contributed by atoms with Crippen molar-refractivity contribution in [3.8, 4) is 0 Å². The van der Waals surface area contributed by atoms with Gasteiger partial charge in [-0.15, -0.1) is 0 Å². The Hall–Kier alpha value is -3.07. The molecule has 0 bridgehead atoms. The Balaban J connectivity index is 5.48. The van der Waals surface area contributed by atoms with E-state index in [9.17, 15) is 29.1 Å². The van der Waals surface area contributed by atoms with Gasteiger partial charge in [0.25, 0.3) is 0 Å². The quantitative estimate of drug-likeness (QED) is 0.0553. The average Bonchev–Trinajstić information content (AvgIpc) is 2.80. The maximum Gasteiger partial charge on any atom is 0.326 e. The maximum absolute atomic E-state index is 13.0. The van der Waals surface area contributed by atoms with Gasteiger partial charge >= 0.3 is 11.9 Å². The van der Waals surface area contributed by atoms with E-state index in [1.807, 2.05) is 6.26 Å². The number of carboxylic acids is 2. The largest absolute Gasteiger partial charge is 0.481 e. The molecule has 0 aromatic rings. The Morgan fingerprint density at radius 3 is 2.06 bits per heavy atom. The van der Waals surface area contributed by atoms with Crippen LogP contribution in [0.3, 0.4) is 0 Å². The first-order valence-electron chi connectivity index (χ1n) is 11.5. The van der Waals surface area contributed by atoms with Crippen LogP contribution in [0.4, 0.5) is 0 Å². The summed E-state index contributed by atoms with van der Waals surface area (Å²) in [6.07, 6.45) is 2.26. The second-order valence-electron chi connectivity index (χ2n) is 8.27. The number of rotatable bonds is 18. The van der Waals surface area contributed by atoms with E-state index in [0.29, 0.717) is 18.6 Å². The van der Waals surface area contributed by atoms with Crippen molar-refractivity contribution < 1.29 is 34.2 Å². The van der Waals surface area contributed by atoms with Crippen LogP contribution in [0.15, 0.2) is 4.99 Å². The van der Waals surface area contributed by atoms with Crippen molar-refractivity contribution in [3.05, 3.63) is 0 Å². The summed E-state index contributed by atoms with van der Waals surface area (Å²) in [5.74, 6) is -4.68. The highest BCUT2D eigenvalue weighted by molar-refractivity contribution is 7.98. The first-order valence-corrected chi connectivity index (χ1v) is 12.9. The first-order chi connectivity index (χ1) is 16.8. The average molecular weight is 534 g/mol. The Kier molecular flexibility index (Phi) is 15.9. The second-order valence-corrected chi connectivity index (χ2v) is 9.25. The lowest BCUT2D eigenvalue weighted by Crippen LogP contribution is -2.58. The molecule has 36 heavy (non-hydrogen) atoms. The Labute approximate surface area is 214 Å². The Bertz CT molecular complexity index is 793. The standard InChI is InChI=1S/C21H39N7O7S/c1-4-11(2)16(19(33)27-14(20(34)35)6-5-8-25-21(23)24)28-18(32)13(7-9-36-3)26-17(31)12(22)10-15(29)30/h11-14,16H,4-10,22H2,1-3H3,(H,26,31)(H,27,33)(H,28,32)(H,29,30)(H,34,35)(H4,23,24,25). The van der Waals surface area contributed by atoms with E-state index in [-0.39, 0.29) is 31.3 Å². The molecule has 0 fully saturated rings. The fraction of sp³-hybridized carbons (Fsp3) is 0.714. The number of aliphatic imine (C=N–C) groups is 1. The van der Waals surface area contributed by atoms with Crippen LogP contribution in [0.5, 0.6) is 0 Å². The summed E-state index contributed by atoms with van der Waals surface area (Å²) >= 11 is 1.43. The molecule has 0 saturated heterocycles. The number of carbonyl (C=O) groups is 5. The van der Waals surface area contributed by atoms with Gasteiger partial charge in [0.05, 0.1) is 12.5 Å². The topological polar surface area (TPSA) is 252 Å². The highest BCUT2D eigenvalue weighted by atomic mass is 32.2. The fourth-order valence-electron chi connectivity index (χ4n) is 3.04. The molecule has 0 aromatic carbocycles. The van der Waals surface area contributed by atoms with E-state index in [1.165, 1.54) is 11.8 Å². The third-order valence-electron chi connectivity index (χ3n) is 5.33. The number of carbonyl (C=O) groups excluding carboxylic acids is 3. The van der Waals surface area contributed by atoms with Gasteiger partial charge in [0, 0.05) is 6.54 Å². The minimum atomic E-state index is -1.35. The molecule has 0 rings (SSSR count). The van der Waals surface area contributed by atoms with Gasteiger partial charge in [0.1, 0.15) is 18.1 Å². The summed E-state index contributed by atoms with van der Waals surface area (Å²) in [5.41, 5.74) is 16.1. The van der Waals surface area contributed by atoms with Gasteiger partial charge in [0.2, 0.25) is 17.7 Å². The third kappa shape index (κ3) is 13.1. The van der Waals surface area contributed by atoms with Crippen LogP contribution in [-0.2, 0) is 24.0 Å². The summed E-state index contributed by atoms with van der Waals surface area (Å²) in [4.78, 5) is 64.6. The van der Waals surface area contributed by atoms with Crippen LogP contribution in [0.2, 0.25) is 0 Å². The van der Waals surface area contributed by atoms with Gasteiger partial charge < -0.3 is 43.4 Å². The molecule has 0 saturated carbocycles. The summed E-state index contributed by atoms with van der Waals surface area (Å²) in [7, 11) is 0. The summed E-state index contributed by atoms with van der Waals surface area (Å²) < 4.78 is 0. The smallest absolute Gasteiger partial charge is 0.326 e. The molecule has 0 aliphatic rings. The van der Waals surface area contributed by atoms with E-state index in [0.717, 1.165) is 0 Å². The molecule has 14 nitrogen and oxygen atoms in total. The molecule has 5 atom stereocenters. The van der Waals surface area contributed by atoms with E-state index in [2.05, 4.69) is 20.9 Å². The van der Waals surface area contributed by atoms with Gasteiger partial charge in [-0.2, -0.15) is 11.8 Å². The lowest BCUT2D eigenvalue weighted by molar-refractivity contribution is -0.142. The van der Waals surface area contributed by atoms with Gasteiger partial charge in [-0.3, -0.25) is 24.2 Å². The number of hydrogen-bond acceptors (Lipinski definition) is 8. The monoisotopic (exact) mass is 533 g/mol. The number of carboxylic acid groups (broad SMARTS) is 2. The minimum absolute atomic E-state index is 0.0624.